The number of hydrogen-bond donors (Lipinski definition) is 2. The molecular weight excluding hydrogens is 356 g/mol. The van der Waals surface area contributed by atoms with Crippen molar-refractivity contribution in [2.24, 2.45) is 4.99 Å². The molecule has 0 saturated heterocycles. The SMILES string of the molecule is CN=C(NCCc1nc(C(C)(C)C)cs1)NC(C)c1cc(C)ccc1OC. The number of nitrogens with one attached hydrogen (secondary N) is 2. The van der Waals surface area contributed by atoms with Crippen LogP contribution in [0, 0.1) is 6.92 Å². The van der Waals surface area contributed by atoms with Gasteiger partial charge in [0.2, 0.25) is 0 Å². The molecule has 1 aromatic carbocycles. The Bertz CT molecular complexity index is 777. The van der Waals surface area contributed by atoms with Crippen LogP contribution in [0.2, 0.25) is 0 Å². The minimum absolute atomic E-state index is 0.0819. The van der Waals surface area contributed by atoms with Crippen LogP contribution in [0.15, 0.2) is 28.6 Å². The Morgan fingerprint density at radius 2 is 2.07 bits per heavy atom. The van der Waals surface area contributed by atoms with Crippen molar-refractivity contribution < 1.29 is 4.74 Å². The van der Waals surface area contributed by atoms with Crippen molar-refractivity contribution in [3.8, 4) is 5.75 Å². The van der Waals surface area contributed by atoms with E-state index in [2.05, 4.69) is 67.8 Å². The number of guanidine groups is 1. The molecule has 5 nitrogen and oxygen atoms in total. The van der Waals surface area contributed by atoms with Crippen LogP contribution in [0.25, 0.3) is 0 Å². The van der Waals surface area contributed by atoms with E-state index in [9.17, 15) is 0 Å². The van der Waals surface area contributed by atoms with E-state index in [1.165, 1.54) is 5.56 Å². The highest BCUT2D eigenvalue weighted by atomic mass is 32.1. The number of rotatable bonds is 6. The first-order valence-electron chi connectivity index (χ1n) is 9.31. The van der Waals surface area contributed by atoms with E-state index in [4.69, 9.17) is 9.72 Å². The third-order valence-electron chi connectivity index (χ3n) is 4.38. The van der Waals surface area contributed by atoms with Crippen molar-refractivity contribution in [3.63, 3.8) is 0 Å². The van der Waals surface area contributed by atoms with Crippen LogP contribution in [0.4, 0.5) is 0 Å². The molecule has 1 atom stereocenters. The van der Waals surface area contributed by atoms with Gasteiger partial charge in [0.05, 0.1) is 23.9 Å². The summed E-state index contributed by atoms with van der Waals surface area (Å²) in [6, 6.07) is 6.29. The van der Waals surface area contributed by atoms with E-state index in [-0.39, 0.29) is 11.5 Å². The molecule has 0 saturated carbocycles. The summed E-state index contributed by atoms with van der Waals surface area (Å²) in [6.45, 7) is 11.6. The van der Waals surface area contributed by atoms with Gasteiger partial charge in [-0.05, 0) is 19.9 Å². The summed E-state index contributed by atoms with van der Waals surface area (Å²) in [4.78, 5) is 9.09. The molecular formula is C21H32N4OS. The quantitative estimate of drug-likeness (QED) is 0.574. The van der Waals surface area contributed by atoms with Gasteiger partial charge in [-0.3, -0.25) is 4.99 Å². The predicted octanol–water partition coefficient (Wildman–Crippen LogP) is 4.23. The highest BCUT2D eigenvalue weighted by Gasteiger charge is 2.17. The van der Waals surface area contributed by atoms with E-state index in [0.29, 0.717) is 0 Å². The number of nitrogens with zero attached hydrogens (tertiary/aromatic N) is 2. The average Bonchev–Trinajstić information content (AvgIpc) is 3.10. The van der Waals surface area contributed by atoms with Gasteiger partial charge in [0, 0.05) is 36.4 Å². The Morgan fingerprint density at radius 3 is 2.67 bits per heavy atom. The normalized spacial score (nSPS) is 13.4. The highest BCUT2D eigenvalue weighted by molar-refractivity contribution is 7.09. The maximum absolute atomic E-state index is 5.50. The summed E-state index contributed by atoms with van der Waals surface area (Å²) >= 11 is 1.73. The molecule has 0 fully saturated rings. The minimum Gasteiger partial charge on any atom is -0.496 e. The van der Waals surface area contributed by atoms with Gasteiger partial charge < -0.3 is 15.4 Å². The Morgan fingerprint density at radius 1 is 1.33 bits per heavy atom. The fourth-order valence-corrected chi connectivity index (χ4v) is 3.75. The van der Waals surface area contributed by atoms with Gasteiger partial charge in [-0.25, -0.2) is 4.98 Å². The molecule has 2 rings (SSSR count). The number of benzene rings is 1. The van der Waals surface area contributed by atoms with Crippen LogP contribution >= 0.6 is 11.3 Å². The lowest BCUT2D eigenvalue weighted by atomic mass is 9.93. The standard InChI is InChI=1S/C21H32N4OS/c1-14-8-9-17(26-7)16(12-14)15(2)24-20(22-6)23-11-10-19-25-18(13-27-19)21(3,4)5/h8-9,12-13,15H,10-11H2,1-7H3,(H2,22,23,24). The van der Waals surface area contributed by atoms with Gasteiger partial charge >= 0.3 is 0 Å². The zero-order chi connectivity index (χ0) is 20.0. The predicted molar refractivity (Wildman–Crippen MR) is 115 cm³/mol. The summed E-state index contributed by atoms with van der Waals surface area (Å²) in [5, 5.41) is 10.1. The number of thiazole rings is 1. The van der Waals surface area contributed by atoms with E-state index in [1.54, 1.807) is 25.5 Å². The zero-order valence-electron chi connectivity index (χ0n) is 17.5. The summed E-state index contributed by atoms with van der Waals surface area (Å²) < 4.78 is 5.50. The lowest BCUT2D eigenvalue weighted by Crippen LogP contribution is -2.39. The second kappa shape index (κ2) is 9.22. The van der Waals surface area contributed by atoms with Crippen molar-refractivity contribution >= 4 is 17.3 Å². The fourth-order valence-electron chi connectivity index (χ4n) is 2.73. The second-order valence-corrected chi connectivity index (χ2v) is 8.68. The van der Waals surface area contributed by atoms with Gasteiger partial charge in [0.15, 0.2) is 5.96 Å². The van der Waals surface area contributed by atoms with E-state index < -0.39 is 0 Å². The molecule has 2 N–H and O–H groups in total. The summed E-state index contributed by atoms with van der Waals surface area (Å²) in [7, 11) is 3.49. The minimum atomic E-state index is 0.0819. The van der Waals surface area contributed by atoms with Crippen LogP contribution in [-0.2, 0) is 11.8 Å². The Balaban J connectivity index is 1.92. The number of methoxy groups -OCH3 is 1. The Labute approximate surface area is 167 Å². The van der Waals surface area contributed by atoms with Crippen LogP contribution in [-0.4, -0.2) is 31.6 Å². The molecule has 1 aromatic heterocycles. The summed E-state index contributed by atoms with van der Waals surface area (Å²) in [5.41, 5.74) is 3.59. The number of aryl methyl sites for hydroxylation is 1. The van der Waals surface area contributed by atoms with Gasteiger partial charge in [0.25, 0.3) is 0 Å². The molecule has 0 radical (unpaired) electrons. The van der Waals surface area contributed by atoms with E-state index in [0.717, 1.165) is 40.9 Å². The first-order chi connectivity index (χ1) is 12.7. The monoisotopic (exact) mass is 388 g/mol. The number of ether oxygens (including phenoxy) is 1. The van der Waals surface area contributed by atoms with Crippen molar-refractivity contribution in [1.82, 2.24) is 15.6 Å². The molecule has 0 spiro atoms. The van der Waals surface area contributed by atoms with Crippen molar-refractivity contribution in [3.05, 3.63) is 45.4 Å². The van der Waals surface area contributed by atoms with Gasteiger partial charge in [-0.15, -0.1) is 11.3 Å². The van der Waals surface area contributed by atoms with E-state index >= 15 is 0 Å². The molecule has 148 valence electrons. The Hall–Kier alpha value is -2.08. The smallest absolute Gasteiger partial charge is 0.191 e. The number of aliphatic imine (C=N–C) groups is 1. The molecule has 1 heterocycles. The molecule has 6 heteroatoms. The lowest BCUT2D eigenvalue weighted by Gasteiger charge is -2.20. The van der Waals surface area contributed by atoms with Crippen molar-refractivity contribution in [1.29, 1.82) is 0 Å². The summed E-state index contributed by atoms with van der Waals surface area (Å²) in [5.74, 6) is 1.66. The van der Waals surface area contributed by atoms with Crippen LogP contribution in [0.3, 0.4) is 0 Å². The van der Waals surface area contributed by atoms with Gasteiger partial charge in [-0.2, -0.15) is 0 Å². The topological polar surface area (TPSA) is 58.5 Å². The first-order valence-corrected chi connectivity index (χ1v) is 10.2. The van der Waals surface area contributed by atoms with Gasteiger partial charge in [-0.1, -0.05) is 38.5 Å². The van der Waals surface area contributed by atoms with Crippen LogP contribution in [0.1, 0.15) is 55.6 Å². The molecule has 0 amide bonds. The second-order valence-electron chi connectivity index (χ2n) is 7.74. The van der Waals surface area contributed by atoms with Crippen LogP contribution in [0.5, 0.6) is 5.75 Å². The first kappa shape index (κ1) is 21.2. The van der Waals surface area contributed by atoms with Crippen molar-refractivity contribution in [2.45, 2.75) is 52.5 Å². The third-order valence-corrected chi connectivity index (χ3v) is 5.29. The maximum Gasteiger partial charge on any atom is 0.191 e. The molecule has 0 bridgehead atoms. The molecule has 0 aliphatic rings. The largest absolute Gasteiger partial charge is 0.496 e. The maximum atomic E-state index is 5.50. The van der Waals surface area contributed by atoms with Gasteiger partial charge in [0.1, 0.15) is 5.75 Å². The zero-order valence-corrected chi connectivity index (χ0v) is 18.3. The lowest BCUT2D eigenvalue weighted by molar-refractivity contribution is 0.405. The molecule has 27 heavy (non-hydrogen) atoms. The molecule has 0 aliphatic carbocycles. The Kier molecular flexibility index (Phi) is 7.25. The molecule has 1 unspecified atom stereocenters. The van der Waals surface area contributed by atoms with E-state index in [1.807, 2.05) is 6.07 Å². The number of hydrogen-bond acceptors (Lipinski definition) is 4. The molecule has 0 aliphatic heterocycles. The van der Waals surface area contributed by atoms with Crippen molar-refractivity contribution in [2.75, 3.05) is 20.7 Å². The summed E-state index contributed by atoms with van der Waals surface area (Å²) in [6.07, 6.45) is 0.879. The molecule has 2 aromatic rings. The fraction of sp³-hybridized carbons (Fsp3) is 0.524. The van der Waals surface area contributed by atoms with Crippen LogP contribution < -0.4 is 15.4 Å². The number of aromatic nitrogens is 1. The highest BCUT2D eigenvalue weighted by Crippen LogP contribution is 2.26. The third kappa shape index (κ3) is 5.96. The average molecular weight is 389 g/mol.